The van der Waals surface area contributed by atoms with Crippen LogP contribution in [-0.4, -0.2) is 46.9 Å². The van der Waals surface area contributed by atoms with Crippen LogP contribution in [0.25, 0.3) is 0 Å². The van der Waals surface area contributed by atoms with E-state index in [2.05, 4.69) is 10.6 Å². The maximum absolute atomic E-state index is 12.8. The number of carbonyl (C=O) groups excluding carboxylic acids is 3. The van der Waals surface area contributed by atoms with Gasteiger partial charge in [-0.05, 0) is 36.6 Å². The van der Waals surface area contributed by atoms with Gasteiger partial charge in [-0.3, -0.25) is 19.7 Å². The summed E-state index contributed by atoms with van der Waals surface area (Å²) < 4.78 is 0. The van der Waals surface area contributed by atoms with E-state index in [1.165, 1.54) is 4.90 Å². The van der Waals surface area contributed by atoms with Gasteiger partial charge in [0.15, 0.2) is 0 Å². The average Bonchev–Trinajstić information content (AvgIpc) is 2.94. The number of imide groups is 1. The van der Waals surface area contributed by atoms with Gasteiger partial charge in [0, 0.05) is 30.5 Å². The molecule has 4 rings (SSSR count). The van der Waals surface area contributed by atoms with Crippen molar-refractivity contribution in [3.63, 3.8) is 0 Å². The number of benzene rings is 1. The van der Waals surface area contributed by atoms with Gasteiger partial charge in [0.2, 0.25) is 11.8 Å². The summed E-state index contributed by atoms with van der Waals surface area (Å²) in [6, 6.07) is 4.88. The fourth-order valence-corrected chi connectivity index (χ4v) is 4.52. The van der Waals surface area contributed by atoms with Crippen LogP contribution in [0.4, 0.5) is 0 Å². The Bertz CT molecular complexity index is 835. The molecule has 1 aromatic rings. The normalized spacial score (nSPS) is 30.3. The molecular formula is C20H25N3O4. The van der Waals surface area contributed by atoms with Crippen LogP contribution in [0.2, 0.25) is 0 Å². The molecule has 3 heterocycles. The minimum atomic E-state index is -0.974. The van der Waals surface area contributed by atoms with Crippen molar-refractivity contribution < 1.29 is 19.5 Å². The zero-order chi connectivity index (χ0) is 19.4. The van der Waals surface area contributed by atoms with E-state index in [-0.39, 0.29) is 23.7 Å². The van der Waals surface area contributed by atoms with Crippen LogP contribution in [0, 0.1) is 5.41 Å². The van der Waals surface area contributed by atoms with Crippen molar-refractivity contribution in [3.8, 4) is 0 Å². The van der Waals surface area contributed by atoms with Crippen LogP contribution < -0.4 is 10.6 Å². The van der Waals surface area contributed by atoms with Crippen molar-refractivity contribution in [2.24, 2.45) is 5.41 Å². The van der Waals surface area contributed by atoms with Gasteiger partial charge >= 0.3 is 0 Å². The maximum atomic E-state index is 12.8. The van der Waals surface area contributed by atoms with Gasteiger partial charge in [-0.15, -0.1) is 0 Å². The number of nitrogens with one attached hydrogen (secondary N) is 2. The van der Waals surface area contributed by atoms with Crippen LogP contribution in [-0.2, 0) is 21.7 Å². The first-order valence-electron chi connectivity index (χ1n) is 9.44. The highest BCUT2D eigenvalue weighted by Gasteiger charge is 2.47. The van der Waals surface area contributed by atoms with Crippen LogP contribution in [0.5, 0.6) is 0 Å². The standard InChI is InChI=1S/C20H25N3O4/c1-19(2)11-21-8-7-20(19,27)13-3-4-14-12(9-13)10-23(18(14)26)15-5-6-16(24)22-17(15)25/h3-4,9,15,21,27H,5-8,10-11H2,1-2H3,(H,22,24,25). The zero-order valence-corrected chi connectivity index (χ0v) is 15.7. The number of fused-ring (bicyclic) bond motifs is 1. The molecule has 0 radical (unpaired) electrons. The third kappa shape index (κ3) is 2.76. The molecule has 0 aromatic heterocycles. The molecular weight excluding hydrogens is 346 g/mol. The number of amides is 3. The summed E-state index contributed by atoms with van der Waals surface area (Å²) in [5, 5.41) is 17.1. The van der Waals surface area contributed by atoms with E-state index in [0.29, 0.717) is 31.5 Å². The van der Waals surface area contributed by atoms with Crippen LogP contribution in [0.15, 0.2) is 18.2 Å². The molecule has 0 aliphatic carbocycles. The molecule has 27 heavy (non-hydrogen) atoms. The van der Waals surface area contributed by atoms with E-state index in [4.69, 9.17) is 0 Å². The molecule has 2 atom stereocenters. The fraction of sp³-hybridized carbons (Fsp3) is 0.550. The quantitative estimate of drug-likeness (QED) is 0.663. The zero-order valence-electron chi connectivity index (χ0n) is 15.7. The van der Waals surface area contributed by atoms with Gasteiger partial charge in [-0.2, -0.15) is 0 Å². The van der Waals surface area contributed by atoms with E-state index in [1.54, 1.807) is 6.07 Å². The van der Waals surface area contributed by atoms with Crippen molar-refractivity contribution in [2.75, 3.05) is 13.1 Å². The van der Waals surface area contributed by atoms with Gasteiger partial charge in [0.05, 0.1) is 5.60 Å². The Morgan fingerprint density at radius 2 is 2.00 bits per heavy atom. The summed E-state index contributed by atoms with van der Waals surface area (Å²) in [6.07, 6.45) is 1.19. The molecule has 7 nitrogen and oxygen atoms in total. The first-order chi connectivity index (χ1) is 12.7. The van der Waals surface area contributed by atoms with E-state index in [9.17, 15) is 19.5 Å². The molecule has 0 bridgehead atoms. The van der Waals surface area contributed by atoms with Gasteiger partial charge in [-0.25, -0.2) is 0 Å². The number of piperidine rings is 2. The summed E-state index contributed by atoms with van der Waals surface area (Å²) in [5.41, 5.74) is 0.887. The van der Waals surface area contributed by atoms with Crippen molar-refractivity contribution in [1.82, 2.24) is 15.5 Å². The number of hydrogen-bond donors (Lipinski definition) is 3. The monoisotopic (exact) mass is 371 g/mol. The topological polar surface area (TPSA) is 98.7 Å². The minimum Gasteiger partial charge on any atom is -0.385 e. The molecule has 2 unspecified atom stereocenters. The van der Waals surface area contributed by atoms with Crippen LogP contribution in [0.1, 0.15) is 54.6 Å². The third-order valence-electron chi connectivity index (χ3n) is 6.35. The van der Waals surface area contributed by atoms with E-state index in [1.807, 2.05) is 26.0 Å². The highest BCUT2D eigenvalue weighted by atomic mass is 16.3. The molecule has 7 heteroatoms. The van der Waals surface area contributed by atoms with Crippen molar-refractivity contribution >= 4 is 17.7 Å². The summed E-state index contributed by atoms with van der Waals surface area (Å²) in [7, 11) is 0. The summed E-state index contributed by atoms with van der Waals surface area (Å²) >= 11 is 0. The molecule has 3 aliphatic heterocycles. The lowest BCUT2D eigenvalue weighted by molar-refractivity contribution is -0.136. The maximum Gasteiger partial charge on any atom is 0.255 e. The van der Waals surface area contributed by atoms with Gasteiger partial charge in [-0.1, -0.05) is 26.0 Å². The second-order valence-electron chi connectivity index (χ2n) is 8.44. The smallest absolute Gasteiger partial charge is 0.255 e. The van der Waals surface area contributed by atoms with E-state index < -0.39 is 17.6 Å². The lowest BCUT2D eigenvalue weighted by atomic mass is 9.67. The molecule has 0 spiro atoms. The Labute approximate surface area is 158 Å². The summed E-state index contributed by atoms with van der Waals surface area (Å²) in [4.78, 5) is 37.9. The summed E-state index contributed by atoms with van der Waals surface area (Å²) in [5.74, 6) is -0.897. The molecule has 3 amide bonds. The van der Waals surface area contributed by atoms with Gasteiger partial charge in [0.1, 0.15) is 6.04 Å². The first kappa shape index (κ1) is 18.1. The summed E-state index contributed by atoms with van der Waals surface area (Å²) in [6.45, 7) is 5.84. The molecule has 144 valence electrons. The number of nitrogens with zero attached hydrogens (tertiary/aromatic N) is 1. The van der Waals surface area contributed by atoms with Gasteiger partial charge in [0.25, 0.3) is 5.91 Å². The molecule has 0 saturated carbocycles. The second-order valence-corrected chi connectivity index (χ2v) is 8.44. The Hall–Kier alpha value is -2.25. The lowest BCUT2D eigenvalue weighted by Crippen LogP contribution is -2.53. The lowest BCUT2D eigenvalue weighted by Gasteiger charge is -2.47. The SMILES string of the molecule is CC1(C)CNCCC1(O)c1ccc2c(c1)CN(C1CCC(=O)NC1=O)C2=O. The van der Waals surface area contributed by atoms with E-state index in [0.717, 1.165) is 17.7 Å². The highest BCUT2D eigenvalue weighted by molar-refractivity contribution is 6.05. The molecule has 2 fully saturated rings. The number of hydrogen-bond acceptors (Lipinski definition) is 5. The predicted molar refractivity (Wildman–Crippen MR) is 97.7 cm³/mol. The Morgan fingerprint density at radius 1 is 1.22 bits per heavy atom. The third-order valence-corrected chi connectivity index (χ3v) is 6.35. The van der Waals surface area contributed by atoms with Crippen molar-refractivity contribution in [2.45, 2.75) is 51.3 Å². The Balaban J connectivity index is 1.63. The van der Waals surface area contributed by atoms with Crippen LogP contribution >= 0.6 is 0 Å². The Morgan fingerprint density at radius 3 is 2.70 bits per heavy atom. The predicted octanol–water partition coefficient (Wildman–Crippen LogP) is 0.655. The number of aliphatic hydroxyl groups is 1. The van der Waals surface area contributed by atoms with Gasteiger partial charge < -0.3 is 15.3 Å². The average molecular weight is 371 g/mol. The number of rotatable bonds is 2. The highest BCUT2D eigenvalue weighted by Crippen LogP contribution is 2.44. The molecule has 2 saturated heterocycles. The second kappa shape index (κ2) is 6.14. The first-order valence-corrected chi connectivity index (χ1v) is 9.44. The largest absolute Gasteiger partial charge is 0.385 e. The van der Waals surface area contributed by atoms with E-state index >= 15 is 0 Å². The molecule has 3 aliphatic rings. The molecule has 1 aromatic carbocycles. The minimum absolute atomic E-state index is 0.192. The molecule has 3 N–H and O–H groups in total. The Kier molecular flexibility index (Phi) is 4.12. The van der Waals surface area contributed by atoms with Crippen molar-refractivity contribution in [1.29, 1.82) is 0 Å². The fourth-order valence-electron chi connectivity index (χ4n) is 4.52. The number of carbonyl (C=O) groups is 3. The van der Waals surface area contributed by atoms with Crippen LogP contribution in [0.3, 0.4) is 0 Å². The van der Waals surface area contributed by atoms with Crippen molar-refractivity contribution in [3.05, 3.63) is 34.9 Å².